The van der Waals surface area contributed by atoms with Crippen molar-refractivity contribution in [1.82, 2.24) is 14.6 Å². The number of aromatic nitrogens is 2. The topological polar surface area (TPSA) is 211 Å². The van der Waals surface area contributed by atoms with Crippen LogP contribution in [0.5, 0.6) is 11.5 Å². The number of hydroxylamine groups is 2. The number of rotatable bonds is 12. The molecule has 6 rings (SSSR count). The van der Waals surface area contributed by atoms with Crippen LogP contribution in [0.2, 0.25) is 0 Å². The van der Waals surface area contributed by atoms with Crippen LogP contribution in [-0.4, -0.2) is 63.9 Å². The molecule has 1 fully saturated rings. The van der Waals surface area contributed by atoms with Gasteiger partial charge < -0.3 is 19.5 Å². The molecular weight excluding hydrogens is 777 g/mol. The molecule has 4 heterocycles. The van der Waals surface area contributed by atoms with Gasteiger partial charge in [0.05, 0.1) is 5.69 Å². The van der Waals surface area contributed by atoms with Crippen LogP contribution in [0, 0.1) is 5.41 Å². The molecule has 2 unspecified atom stereocenters. The number of nitrogens with one attached hydrogen (secondary N) is 1. The Labute approximate surface area is 332 Å². The minimum atomic E-state index is -5.05. The molecule has 0 aliphatic carbocycles. The standard InChI is InChI=1S/C40H50N4O11S2/c1-22(20-39(4,5)6)25-18-27-32(38-41-15-17-43(38)16-11-9-10-12-31(47)55-44-29(45)13-14-30(44)46)28-19-26-23(2)21-40(7,8)42-33(26)37(57(51,52)53)35(28)54-34(27)36(24(25)3)56(48,49)50/h15,17-19,22-23,42H,3,9-14,16,20-21H2,1-2,4-8H3,(H,48,49,50)(H,51,52,53). The van der Waals surface area contributed by atoms with Gasteiger partial charge in [-0.3, -0.25) is 18.7 Å². The van der Waals surface area contributed by atoms with Gasteiger partial charge in [0.1, 0.15) is 10.7 Å². The van der Waals surface area contributed by atoms with Crippen LogP contribution in [0.25, 0.3) is 12.2 Å². The molecule has 3 aliphatic rings. The quantitative estimate of drug-likeness (QED) is 0.0911. The van der Waals surface area contributed by atoms with E-state index in [-0.39, 0.29) is 69.7 Å². The van der Waals surface area contributed by atoms with E-state index in [0.29, 0.717) is 66.2 Å². The summed E-state index contributed by atoms with van der Waals surface area (Å²) >= 11 is 0. The summed E-state index contributed by atoms with van der Waals surface area (Å²) in [6, 6.07) is 3.55. The molecule has 15 nitrogen and oxygen atoms in total. The lowest BCUT2D eigenvalue weighted by molar-refractivity contribution is -0.197. The number of imide groups is 1. The number of unbranched alkanes of at least 4 members (excludes halogenated alkanes) is 2. The summed E-state index contributed by atoms with van der Waals surface area (Å²) in [4.78, 5) is 44.5. The Morgan fingerprint density at radius 3 is 2.32 bits per heavy atom. The molecule has 1 saturated heterocycles. The van der Waals surface area contributed by atoms with Crippen molar-refractivity contribution in [2.75, 3.05) is 5.32 Å². The Morgan fingerprint density at radius 2 is 1.70 bits per heavy atom. The second-order valence-corrected chi connectivity index (χ2v) is 19.9. The summed E-state index contributed by atoms with van der Waals surface area (Å²) in [5.41, 5.74) is 1.06. The van der Waals surface area contributed by atoms with E-state index >= 15 is 0 Å². The lowest BCUT2D eigenvalue weighted by atomic mass is 9.80. The lowest BCUT2D eigenvalue weighted by Gasteiger charge is -2.39. The average molecular weight is 827 g/mol. The Kier molecular flexibility index (Phi) is 11.0. The van der Waals surface area contributed by atoms with Gasteiger partial charge in [0.15, 0.2) is 16.4 Å². The highest BCUT2D eigenvalue weighted by molar-refractivity contribution is 7.86. The van der Waals surface area contributed by atoms with Crippen LogP contribution in [-0.2, 0) is 46.0 Å². The number of benzene rings is 2. The molecule has 0 radical (unpaired) electrons. The van der Waals surface area contributed by atoms with Gasteiger partial charge in [-0.15, -0.1) is 5.06 Å². The van der Waals surface area contributed by atoms with Gasteiger partial charge in [0.25, 0.3) is 32.1 Å². The third-order valence-electron chi connectivity index (χ3n) is 10.6. The van der Waals surface area contributed by atoms with Crippen LogP contribution >= 0.6 is 0 Å². The summed E-state index contributed by atoms with van der Waals surface area (Å²) in [7, 11) is -10.1. The number of anilines is 1. The molecule has 3 aliphatic heterocycles. The first-order chi connectivity index (χ1) is 26.4. The van der Waals surface area contributed by atoms with Crippen LogP contribution in [0.15, 0.2) is 34.3 Å². The van der Waals surface area contributed by atoms with Gasteiger partial charge in [-0.05, 0) is 85.3 Å². The molecule has 17 heteroatoms. The van der Waals surface area contributed by atoms with Crippen molar-refractivity contribution in [3.63, 3.8) is 0 Å². The zero-order chi connectivity index (χ0) is 42.0. The molecule has 1 aromatic heterocycles. The zero-order valence-corrected chi connectivity index (χ0v) is 34.9. The monoisotopic (exact) mass is 826 g/mol. The maximum atomic E-state index is 13.4. The summed E-state index contributed by atoms with van der Waals surface area (Å²) in [5.74, 6) is -2.60. The number of carbonyl (C=O) groups excluding carboxylic acids is 3. The van der Waals surface area contributed by atoms with Crippen molar-refractivity contribution in [2.45, 2.75) is 134 Å². The second-order valence-electron chi connectivity index (χ2n) is 17.2. The molecule has 2 atom stereocenters. The van der Waals surface area contributed by atoms with E-state index in [9.17, 15) is 40.3 Å². The molecule has 2 aromatic carbocycles. The number of hydrogen-bond donors (Lipinski definition) is 3. The highest BCUT2D eigenvalue weighted by Crippen LogP contribution is 2.51. The molecule has 0 bridgehead atoms. The number of fused-ring (bicyclic) bond motifs is 3. The lowest BCUT2D eigenvalue weighted by Crippen LogP contribution is -2.38. The fraction of sp³-hybridized carbons (Fsp3) is 0.500. The fourth-order valence-corrected chi connectivity index (χ4v) is 10.1. The van der Waals surface area contributed by atoms with Gasteiger partial charge in [-0.25, -0.2) is 9.78 Å². The summed E-state index contributed by atoms with van der Waals surface area (Å²) < 4.78 is 83.3. The maximum Gasteiger partial charge on any atom is 0.333 e. The van der Waals surface area contributed by atoms with E-state index in [1.54, 1.807) is 24.5 Å². The van der Waals surface area contributed by atoms with Crippen LogP contribution < -0.4 is 20.5 Å². The van der Waals surface area contributed by atoms with E-state index in [0.717, 1.165) is 0 Å². The number of carbonyl (C=O) groups is 3. The van der Waals surface area contributed by atoms with Gasteiger partial charge in [0, 0.05) is 60.1 Å². The molecular formula is C40H50N4O11S2. The zero-order valence-electron chi connectivity index (χ0n) is 33.3. The summed E-state index contributed by atoms with van der Waals surface area (Å²) in [6.45, 7) is 18.3. The Hall–Kier alpha value is -4.58. The normalized spacial score (nSPS) is 18.4. The Balaban J connectivity index is 1.52. The molecule has 2 amide bonds. The van der Waals surface area contributed by atoms with Crippen molar-refractivity contribution in [1.29, 1.82) is 0 Å². The third kappa shape index (κ3) is 8.52. The van der Waals surface area contributed by atoms with Gasteiger partial charge in [-0.2, -0.15) is 16.8 Å². The smallest absolute Gasteiger partial charge is 0.333 e. The summed E-state index contributed by atoms with van der Waals surface area (Å²) in [6.07, 6.45) is 5.93. The Bertz CT molecular complexity index is 2500. The van der Waals surface area contributed by atoms with Gasteiger partial charge in [-0.1, -0.05) is 47.6 Å². The highest BCUT2D eigenvalue weighted by atomic mass is 32.2. The number of nitrogens with zero attached hydrogens (tertiary/aromatic N) is 3. The summed E-state index contributed by atoms with van der Waals surface area (Å²) in [5, 5.41) is 4.00. The molecule has 0 spiro atoms. The van der Waals surface area contributed by atoms with Crippen LogP contribution in [0.1, 0.15) is 134 Å². The van der Waals surface area contributed by atoms with Crippen molar-refractivity contribution >= 4 is 55.9 Å². The van der Waals surface area contributed by atoms with Crippen molar-refractivity contribution in [3.05, 3.63) is 57.5 Å². The first-order valence-corrected chi connectivity index (χ1v) is 21.9. The number of amides is 2. The number of imidazole rings is 1. The van der Waals surface area contributed by atoms with Crippen molar-refractivity contribution < 1.29 is 49.9 Å². The molecule has 57 heavy (non-hydrogen) atoms. The minimum absolute atomic E-state index is 0.00198. The van der Waals surface area contributed by atoms with Crippen LogP contribution in [0.3, 0.4) is 0 Å². The van der Waals surface area contributed by atoms with E-state index in [1.165, 1.54) is 0 Å². The molecule has 3 aromatic rings. The molecule has 3 N–H and O–H groups in total. The average Bonchev–Trinajstić information content (AvgIpc) is 3.65. The molecule has 0 saturated carbocycles. The number of hydrogen-bond acceptors (Lipinski definition) is 11. The van der Waals surface area contributed by atoms with Gasteiger partial charge in [0.2, 0.25) is 0 Å². The highest BCUT2D eigenvalue weighted by Gasteiger charge is 2.41. The maximum absolute atomic E-state index is 13.4. The van der Waals surface area contributed by atoms with E-state index < -0.39 is 53.3 Å². The predicted octanol–water partition coefficient (Wildman–Crippen LogP) is 5.54. The molecule has 308 valence electrons. The van der Waals surface area contributed by atoms with E-state index in [2.05, 4.69) is 32.7 Å². The van der Waals surface area contributed by atoms with E-state index in [4.69, 9.17) is 14.6 Å². The minimum Gasteiger partial charge on any atom is -0.453 e. The first-order valence-electron chi connectivity index (χ1n) is 19.0. The van der Waals surface area contributed by atoms with Crippen molar-refractivity contribution in [2.24, 2.45) is 5.41 Å². The second kappa shape index (κ2) is 15.0. The Morgan fingerprint density at radius 1 is 1.05 bits per heavy atom. The fourth-order valence-electron chi connectivity index (χ4n) is 8.44. The predicted molar refractivity (Wildman–Crippen MR) is 210 cm³/mol. The van der Waals surface area contributed by atoms with Crippen molar-refractivity contribution in [3.8, 4) is 11.5 Å². The van der Waals surface area contributed by atoms with Gasteiger partial charge >= 0.3 is 5.97 Å². The SMILES string of the molecule is C=c1c(C(C)CC(C)(C)C)cc2c(c1S(=O)(=O)O)Oc1c(cc3c(c1S(=O)(=O)O)NC(C)(C)CC3C)C=2c1nccn1CCCCCC(=O)ON1C(=O)CCC1=O. The largest absolute Gasteiger partial charge is 0.453 e. The third-order valence-corrected chi connectivity index (χ3v) is 12.4. The number of aryl methyl sites for hydroxylation is 1. The van der Waals surface area contributed by atoms with Crippen LogP contribution in [0.4, 0.5) is 5.69 Å². The van der Waals surface area contributed by atoms with E-state index in [1.807, 2.05) is 32.3 Å². The first kappa shape index (κ1) is 42.0. The number of ether oxygens (including phenoxy) is 1.